The minimum Gasteiger partial charge on any atom is -0.289 e. The second kappa shape index (κ2) is 8.69. The molecule has 6 nitrogen and oxygen atoms in total. The number of halogens is 1. The van der Waals surface area contributed by atoms with E-state index >= 15 is 0 Å². The van der Waals surface area contributed by atoms with Crippen molar-refractivity contribution >= 4 is 27.5 Å². The molecule has 1 amide bonds. The Hall–Kier alpha value is -1.15. The molecule has 1 aromatic carbocycles. The van der Waals surface area contributed by atoms with Crippen LogP contribution in [0.2, 0.25) is 5.02 Å². The average Bonchev–Trinajstić information content (AvgIpc) is 2.62. The number of piperidine rings is 2. The largest absolute Gasteiger partial charge is 0.289 e. The highest BCUT2D eigenvalue weighted by Crippen LogP contribution is 2.26. The number of hydrogen-bond acceptors (Lipinski definition) is 4. The Morgan fingerprint density at radius 3 is 2.65 bits per heavy atom. The Bertz CT molecular complexity index is 735. The number of carbonyl (C=O) groups excluding carboxylic acids is 1. The lowest BCUT2D eigenvalue weighted by Crippen LogP contribution is -2.47. The highest BCUT2D eigenvalue weighted by atomic mass is 35.5. The first-order valence-electron chi connectivity index (χ1n) is 9.25. The summed E-state index contributed by atoms with van der Waals surface area (Å²) in [6.07, 6.45) is 5.42. The van der Waals surface area contributed by atoms with E-state index in [1.165, 1.54) is 16.8 Å². The van der Waals surface area contributed by atoms with Crippen LogP contribution in [0.1, 0.15) is 38.5 Å². The number of sulfonamides is 1. The summed E-state index contributed by atoms with van der Waals surface area (Å²) in [6, 6.07) is 6.34. The molecule has 8 heteroatoms. The van der Waals surface area contributed by atoms with Gasteiger partial charge in [0, 0.05) is 37.6 Å². The predicted octanol–water partition coefficient (Wildman–Crippen LogP) is 2.65. The standard InChI is InChI=1S/C18H26ClN3O3S/c19-16-7-4-8-17(13-16)26(24,25)22-11-5-6-15(14-22)12-18(23)20-21-9-2-1-3-10-21/h4,7-8,13,15H,1-3,5-6,9-12,14H2,(H,20,23). The molecular formula is C18H26ClN3O3S. The second-order valence-electron chi connectivity index (χ2n) is 7.12. The van der Waals surface area contributed by atoms with E-state index in [1.807, 2.05) is 5.01 Å². The van der Waals surface area contributed by atoms with E-state index in [0.29, 0.717) is 24.5 Å². The van der Waals surface area contributed by atoms with Gasteiger partial charge in [0.05, 0.1) is 4.90 Å². The minimum atomic E-state index is -3.57. The van der Waals surface area contributed by atoms with E-state index in [0.717, 1.165) is 38.8 Å². The fourth-order valence-corrected chi connectivity index (χ4v) is 5.53. The number of hydrogen-bond donors (Lipinski definition) is 1. The summed E-state index contributed by atoms with van der Waals surface area (Å²) in [5.41, 5.74) is 2.97. The zero-order valence-corrected chi connectivity index (χ0v) is 16.4. The Kier molecular flexibility index (Phi) is 6.55. The van der Waals surface area contributed by atoms with Gasteiger partial charge in [0.2, 0.25) is 15.9 Å². The quantitative estimate of drug-likeness (QED) is 0.826. The molecule has 2 aliphatic rings. The maximum absolute atomic E-state index is 12.8. The molecule has 1 N–H and O–H groups in total. The van der Waals surface area contributed by atoms with Crippen LogP contribution in [0, 0.1) is 5.92 Å². The fraction of sp³-hybridized carbons (Fsp3) is 0.611. The third kappa shape index (κ3) is 4.97. The second-order valence-corrected chi connectivity index (χ2v) is 9.49. The van der Waals surface area contributed by atoms with Crippen molar-refractivity contribution in [3.05, 3.63) is 29.3 Å². The van der Waals surface area contributed by atoms with Crippen LogP contribution in [-0.4, -0.2) is 49.8 Å². The van der Waals surface area contributed by atoms with Gasteiger partial charge in [-0.2, -0.15) is 4.31 Å². The average molecular weight is 400 g/mol. The summed E-state index contributed by atoms with van der Waals surface area (Å²) in [4.78, 5) is 12.5. The van der Waals surface area contributed by atoms with Crippen molar-refractivity contribution in [2.75, 3.05) is 26.2 Å². The van der Waals surface area contributed by atoms with Crippen LogP contribution < -0.4 is 5.43 Å². The number of hydrazine groups is 1. The highest BCUT2D eigenvalue weighted by Gasteiger charge is 2.31. The highest BCUT2D eigenvalue weighted by molar-refractivity contribution is 7.89. The molecule has 2 fully saturated rings. The first-order chi connectivity index (χ1) is 12.4. The van der Waals surface area contributed by atoms with E-state index in [2.05, 4.69) is 5.43 Å². The van der Waals surface area contributed by atoms with Gasteiger partial charge in [0.15, 0.2) is 0 Å². The lowest BCUT2D eigenvalue weighted by Gasteiger charge is -2.32. The van der Waals surface area contributed by atoms with Gasteiger partial charge in [-0.1, -0.05) is 24.1 Å². The Labute approximate surface area is 160 Å². The SMILES string of the molecule is O=C(CC1CCCN(S(=O)(=O)c2cccc(Cl)c2)C1)NN1CCCCC1. The molecule has 144 valence electrons. The van der Waals surface area contributed by atoms with Crippen molar-refractivity contribution in [3.63, 3.8) is 0 Å². The van der Waals surface area contributed by atoms with Crippen LogP contribution >= 0.6 is 11.6 Å². The smallest absolute Gasteiger partial charge is 0.243 e. The normalized spacial score (nSPS) is 22.9. The topological polar surface area (TPSA) is 69.7 Å². The minimum absolute atomic E-state index is 0.0149. The van der Waals surface area contributed by atoms with Gasteiger partial charge < -0.3 is 0 Å². The Morgan fingerprint density at radius 1 is 1.15 bits per heavy atom. The van der Waals surface area contributed by atoms with Gasteiger partial charge in [-0.25, -0.2) is 13.4 Å². The van der Waals surface area contributed by atoms with Crippen molar-refractivity contribution in [1.82, 2.24) is 14.7 Å². The molecular weight excluding hydrogens is 374 g/mol. The van der Waals surface area contributed by atoms with Gasteiger partial charge in [0.1, 0.15) is 0 Å². The Morgan fingerprint density at radius 2 is 1.92 bits per heavy atom. The molecule has 1 unspecified atom stereocenters. The van der Waals surface area contributed by atoms with Gasteiger partial charge in [-0.3, -0.25) is 10.2 Å². The van der Waals surface area contributed by atoms with Gasteiger partial charge >= 0.3 is 0 Å². The number of nitrogens with one attached hydrogen (secondary N) is 1. The molecule has 26 heavy (non-hydrogen) atoms. The molecule has 0 spiro atoms. The van der Waals surface area contributed by atoms with Gasteiger partial charge in [0.25, 0.3) is 0 Å². The van der Waals surface area contributed by atoms with Crippen molar-refractivity contribution < 1.29 is 13.2 Å². The molecule has 0 radical (unpaired) electrons. The number of nitrogens with zero attached hydrogens (tertiary/aromatic N) is 2. The van der Waals surface area contributed by atoms with Crippen LogP contribution in [0.25, 0.3) is 0 Å². The van der Waals surface area contributed by atoms with E-state index in [-0.39, 0.29) is 16.7 Å². The number of carbonyl (C=O) groups is 1. The maximum atomic E-state index is 12.8. The van der Waals surface area contributed by atoms with Crippen LogP contribution in [0.15, 0.2) is 29.2 Å². The molecule has 0 bridgehead atoms. The number of rotatable bonds is 5. The van der Waals surface area contributed by atoms with Crippen LogP contribution in [0.3, 0.4) is 0 Å². The third-order valence-electron chi connectivity index (χ3n) is 5.03. The molecule has 2 heterocycles. The van der Waals surface area contributed by atoms with Crippen molar-refractivity contribution in [1.29, 1.82) is 0 Å². The summed E-state index contributed by atoms with van der Waals surface area (Å²) in [6.45, 7) is 2.65. The van der Waals surface area contributed by atoms with Crippen LogP contribution in [-0.2, 0) is 14.8 Å². The van der Waals surface area contributed by atoms with Crippen molar-refractivity contribution in [2.45, 2.75) is 43.4 Å². The third-order valence-corrected chi connectivity index (χ3v) is 7.12. The zero-order valence-electron chi connectivity index (χ0n) is 14.9. The monoisotopic (exact) mass is 399 g/mol. The molecule has 0 aromatic heterocycles. The molecule has 1 aromatic rings. The molecule has 2 aliphatic heterocycles. The zero-order chi connectivity index (χ0) is 18.6. The van der Waals surface area contributed by atoms with E-state index < -0.39 is 10.0 Å². The summed E-state index contributed by atoms with van der Waals surface area (Å²) in [5.74, 6) is 0.0291. The molecule has 1 atom stereocenters. The van der Waals surface area contributed by atoms with Gasteiger partial charge in [-0.15, -0.1) is 0 Å². The van der Waals surface area contributed by atoms with E-state index in [9.17, 15) is 13.2 Å². The molecule has 0 aliphatic carbocycles. The number of amides is 1. The fourth-order valence-electron chi connectivity index (χ4n) is 3.68. The maximum Gasteiger partial charge on any atom is 0.243 e. The summed E-state index contributed by atoms with van der Waals surface area (Å²) in [5, 5.41) is 2.38. The first kappa shape index (κ1) is 19.6. The molecule has 2 saturated heterocycles. The molecule has 3 rings (SSSR count). The van der Waals surface area contributed by atoms with Crippen molar-refractivity contribution in [3.8, 4) is 0 Å². The van der Waals surface area contributed by atoms with Crippen LogP contribution in [0.5, 0.6) is 0 Å². The summed E-state index contributed by atoms with van der Waals surface area (Å²) < 4.78 is 27.2. The lowest BCUT2D eigenvalue weighted by atomic mass is 9.96. The van der Waals surface area contributed by atoms with Gasteiger partial charge in [-0.05, 0) is 49.8 Å². The summed E-state index contributed by atoms with van der Waals surface area (Å²) >= 11 is 5.94. The Balaban J connectivity index is 1.59. The predicted molar refractivity (Wildman–Crippen MR) is 101 cm³/mol. The van der Waals surface area contributed by atoms with E-state index in [4.69, 9.17) is 11.6 Å². The lowest BCUT2D eigenvalue weighted by molar-refractivity contribution is -0.127. The van der Waals surface area contributed by atoms with Crippen LogP contribution in [0.4, 0.5) is 0 Å². The van der Waals surface area contributed by atoms with E-state index in [1.54, 1.807) is 18.2 Å². The number of benzene rings is 1. The van der Waals surface area contributed by atoms with Crippen molar-refractivity contribution in [2.24, 2.45) is 5.92 Å². The first-order valence-corrected chi connectivity index (χ1v) is 11.1. The summed E-state index contributed by atoms with van der Waals surface area (Å²) in [7, 11) is -3.57. The molecule has 0 saturated carbocycles.